The first kappa shape index (κ1) is 27.0. The maximum Gasteiger partial charge on any atom is 0.328 e. The van der Waals surface area contributed by atoms with E-state index in [9.17, 15) is 13.2 Å². The summed E-state index contributed by atoms with van der Waals surface area (Å²) in [7, 11) is -2.29. The van der Waals surface area contributed by atoms with E-state index in [4.69, 9.17) is 37.9 Å². The molecular weight excluding hydrogens is 545 g/mol. The number of aromatic nitrogens is 2. The normalized spacial score (nSPS) is 16.4. The second-order valence-corrected chi connectivity index (χ2v) is 13.0. The Morgan fingerprint density at radius 3 is 2.47 bits per heavy atom. The predicted molar refractivity (Wildman–Crippen MR) is 142 cm³/mol. The standard InChI is InChI=1S/C23H27Cl2N5O4S2/c1-14(2)20(23(31)34-3)28-22-15-6-4-5-7-17(15)26-18(27-22)13-29-8-10-30(11-9-29)36(32,33)19-12-16(24)21(25)35-19/h4-7,12,14,20H,8-11,13H2,1-3H3,(H,26,27,28). The molecular formula is C23H27Cl2N5O4S2. The molecule has 0 aliphatic carbocycles. The number of esters is 1. The number of hydrogen-bond donors (Lipinski definition) is 1. The quantitative estimate of drug-likeness (QED) is 0.402. The van der Waals surface area contributed by atoms with Crippen LogP contribution in [0.2, 0.25) is 9.36 Å². The second-order valence-electron chi connectivity index (χ2n) is 8.76. The van der Waals surface area contributed by atoms with Crippen LogP contribution in [0.5, 0.6) is 0 Å². The van der Waals surface area contributed by atoms with Crippen molar-refractivity contribution in [2.45, 2.75) is 30.6 Å². The van der Waals surface area contributed by atoms with Gasteiger partial charge in [0.15, 0.2) is 0 Å². The molecule has 1 fully saturated rings. The number of nitrogens with zero attached hydrogens (tertiary/aromatic N) is 4. The highest BCUT2D eigenvalue weighted by atomic mass is 35.5. The second kappa shape index (κ2) is 11.2. The van der Waals surface area contributed by atoms with Gasteiger partial charge in [0.2, 0.25) is 0 Å². The van der Waals surface area contributed by atoms with Crippen molar-refractivity contribution in [1.82, 2.24) is 19.2 Å². The smallest absolute Gasteiger partial charge is 0.328 e. The molecule has 1 unspecified atom stereocenters. The number of methoxy groups -OCH3 is 1. The minimum Gasteiger partial charge on any atom is -0.467 e. The van der Waals surface area contributed by atoms with E-state index in [1.165, 1.54) is 17.5 Å². The number of rotatable bonds is 8. The van der Waals surface area contributed by atoms with E-state index < -0.39 is 16.1 Å². The maximum absolute atomic E-state index is 13.0. The number of carbonyl (C=O) groups excluding carboxylic acids is 1. The van der Waals surface area contributed by atoms with Crippen molar-refractivity contribution in [3.63, 3.8) is 0 Å². The lowest BCUT2D eigenvalue weighted by atomic mass is 10.0. The van der Waals surface area contributed by atoms with Gasteiger partial charge in [0.25, 0.3) is 10.0 Å². The Kier molecular flexibility index (Phi) is 8.38. The third kappa shape index (κ3) is 5.76. The van der Waals surface area contributed by atoms with E-state index in [1.807, 2.05) is 38.1 Å². The lowest BCUT2D eigenvalue weighted by molar-refractivity contribution is -0.142. The number of fused-ring (bicyclic) bond motifs is 1. The number of thiophene rings is 1. The molecule has 4 rings (SSSR count). The van der Waals surface area contributed by atoms with Crippen LogP contribution >= 0.6 is 34.5 Å². The number of anilines is 1. The van der Waals surface area contributed by atoms with Crippen molar-refractivity contribution in [2.24, 2.45) is 5.92 Å². The van der Waals surface area contributed by atoms with Crippen LogP contribution in [0.1, 0.15) is 19.7 Å². The van der Waals surface area contributed by atoms with E-state index in [0.29, 0.717) is 44.4 Å². The Morgan fingerprint density at radius 1 is 1.17 bits per heavy atom. The van der Waals surface area contributed by atoms with Crippen LogP contribution in [0, 0.1) is 5.92 Å². The van der Waals surface area contributed by atoms with Crippen molar-refractivity contribution >= 4 is 67.3 Å². The molecule has 1 aromatic carbocycles. The zero-order chi connectivity index (χ0) is 26.0. The summed E-state index contributed by atoms with van der Waals surface area (Å²) in [6, 6.07) is 8.43. The summed E-state index contributed by atoms with van der Waals surface area (Å²) in [6.45, 7) is 5.99. The highest BCUT2D eigenvalue weighted by Gasteiger charge is 2.31. The number of ether oxygens (including phenoxy) is 1. The number of sulfonamides is 1. The number of benzene rings is 1. The summed E-state index contributed by atoms with van der Waals surface area (Å²) in [5.41, 5.74) is 0.755. The topological polar surface area (TPSA) is 105 Å². The third-order valence-corrected chi connectivity index (χ3v) is 10.2. The zero-order valence-electron chi connectivity index (χ0n) is 20.1. The average Bonchev–Trinajstić information content (AvgIpc) is 3.21. The van der Waals surface area contributed by atoms with Crippen molar-refractivity contribution in [1.29, 1.82) is 0 Å². The molecule has 1 aliphatic rings. The van der Waals surface area contributed by atoms with E-state index in [0.717, 1.165) is 22.2 Å². The summed E-state index contributed by atoms with van der Waals surface area (Å²) < 4.78 is 32.8. The fourth-order valence-electron chi connectivity index (χ4n) is 3.99. The Hall–Kier alpha value is -2.02. The SMILES string of the molecule is COC(=O)C(Nc1nc(CN2CCN(S(=O)(=O)c3cc(Cl)c(Cl)s3)CC2)nc2ccccc12)C(C)C. The molecule has 0 bridgehead atoms. The van der Waals surface area contributed by atoms with Gasteiger partial charge in [0, 0.05) is 31.6 Å². The number of carbonyl (C=O) groups is 1. The molecule has 1 aliphatic heterocycles. The monoisotopic (exact) mass is 571 g/mol. The first-order valence-corrected chi connectivity index (χ1v) is 14.4. The number of hydrogen-bond acceptors (Lipinski definition) is 9. The van der Waals surface area contributed by atoms with Gasteiger partial charge in [-0.05, 0) is 24.1 Å². The molecule has 2 aromatic heterocycles. The summed E-state index contributed by atoms with van der Waals surface area (Å²) in [4.78, 5) is 23.9. The van der Waals surface area contributed by atoms with E-state index in [2.05, 4.69) is 10.2 Å². The van der Waals surface area contributed by atoms with Gasteiger partial charge < -0.3 is 10.1 Å². The molecule has 0 spiro atoms. The lowest BCUT2D eigenvalue weighted by Gasteiger charge is -2.33. The molecule has 13 heteroatoms. The summed E-state index contributed by atoms with van der Waals surface area (Å²) in [5.74, 6) is 0.765. The van der Waals surface area contributed by atoms with Crippen LogP contribution < -0.4 is 5.32 Å². The van der Waals surface area contributed by atoms with E-state index >= 15 is 0 Å². The molecule has 1 saturated heterocycles. The van der Waals surface area contributed by atoms with Gasteiger partial charge in [-0.3, -0.25) is 4.90 Å². The molecule has 0 radical (unpaired) electrons. The number of para-hydroxylation sites is 1. The van der Waals surface area contributed by atoms with Crippen molar-refractivity contribution in [3.05, 3.63) is 45.5 Å². The highest BCUT2D eigenvalue weighted by Crippen LogP contribution is 2.36. The fraction of sp³-hybridized carbons (Fsp3) is 0.435. The molecule has 1 N–H and O–H groups in total. The van der Waals surface area contributed by atoms with Gasteiger partial charge in [-0.1, -0.05) is 49.2 Å². The maximum atomic E-state index is 13.0. The third-order valence-electron chi connectivity index (χ3n) is 5.98. The Labute approximate surface area is 224 Å². The van der Waals surface area contributed by atoms with Gasteiger partial charge in [0.05, 0.1) is 24.2 Å². The van der Waals surface area contributed by atoms with Crippen molar-refractivity contribution in [2.75, 3.05) is 38.6 Å². The van der Waals surface area contributed by atoms with Gasteiger partial charge >= 0.3 is 5.97 Å². The molecule has 3 aromatic rings. The first-order valence-electron chi connectivity index (χ1n) is 11.4. The molecule has 36 heavy (non-hydrogen) atoms. The number of piperazine rings is 1. The molecule has 0 saturated carbocycles. The highest BCUT2D eigenvalue weighted by molar-refractivity contribution is 7.91. The summed E-state index contributed by atoms with van der Waals surface area (Å²) >= 11 is 12.9. The Bertz CT molecular complexity index is 1340. The largest absolute Gasteiger partial charge is 0.467 e. The molecule has 3 heterocycles. The van der Waals surface area contributed by atoms with E-state index in [1.54, 1.807) is 0 Å². The Balaban J connectivity index is 1.50. The van der Waals surface area contributed by atoms with Crippen molar-refractivity contribution < 1.29 is 17.9 Å². The molecule has 9 nitrogen and oxygen atoms in total. The number of halogens is 2. The molecule has 1 atom stereocenters. The number of nitrogens with one attached hydrogen (secondary N) is 1. The predicted octanol–water partition coefficient (Wildman–Crippen LogP) is 4.11. The van der Waals surface area contributed by atoms with Crippen LogP contribution in [0.15, 0.2) is 34.5 Å². The van der Waals surface area contributed by atoms with Gasteiger partial charge in [-0.25, -0.2) is 23.2 Å². The van der Waals surface area contributed by atoms with Crippen LogP contribution in [0.25, 0.3) is 10.9 Å². The van der Waals surface area contributed by atoms with Crippen LogP contribution in [-0.4, -0.2) is 72.9 Å². The van der Waals surface area contributed by atoms with Crippen LogP contribution in [0.3, 0.4) is 0 Å². The lowest BCUT2D eigenvalue weighted by Crippen LogP contribution is -2.48. The first-order chi connectivity index (χ1) is 17.1. The van der Waals surface area contributed by atoms with Gasteiger partial charge in [-0.2, -0.15) is 4.31 Å². The minimum atomic E-state index is -3.66. The zero-order valence-corrected chi connectivity index (χ0v) is 23.2. The fourth-order valence-corrected chi connectivity index (χ4v) is 7.44. The molecule has 194 valence electrons. The Morgan fingerprint density at radius 2 is 1.86 bits per heavy atom. The molecule has 0 amide bonds. The van der Waals surface area contributed by atoms with Gasteiger partial charge in [-0.15, -0.1) is 11.3 Å². The van der Waals surface area contributed by atoms with E-state index in [-0.39, 0.29) is 25.5 Å². The van der Waals surface area contributed by atoms with Crippen LogP contribution in [0.4, 0.5) is 5.82 Å². The minimum absolute atomic E-state index is 0.0160. The average molecular weight is 573 g/mol. The van der Waals surface area contributed by atoms with Crippen LogP contribution in [-0.2, 0) is 26.1 Å². The van der Waals surface area contributed by atoms with Gasteiger partial charge in [0.1, 0.15) is 26.2 Å². The summed E-state index contributed by atoms with van der Waals surface area (Å²) in [5, 5.41) is 4.29. The summed E-state index contributed by atoms with van der Waals surface area (Å²) in [6.07, 6.45) is 0. The van der Waals surface area contributed by atoms with Crippen molar-refractivity contribution in [3.8, 4) is 0 Å².